The van der Waals surface area contributed by atoms with Crippen molar-refractivity contribution in [3.05, 3.63) is 68.3 Å². The summed E-state index contributed by atoms with van der Waals surface area (Å²) in [6.07, 6.45) is 2.48. The van der Waals surface area contributed by atoms with Gasteiger partial charge in [-0.15, -0.1) is 11.3 Å². The monoisotopic (exact) mass is 382 g/mol. The predicted molar refractivity (Wildman–Crippen MR) is 105 cm³/mol. The van der Waals surface area contributed by atoms with Gasteiger partial charge in [0.2, 0.25) is 0 Å². The fourth-order valence-corrected chi connectivity index (χ4v) is 3.66. The number of fused-ring (bicyclic) bond motifs is 1. The number of hydrogen-bond donors (Lipinski definition) is 1. The molecule has 0 saturated carbocycles. The summed E-state index contributed by atoms with van der Waals surface area (Å²) in [6.45, 7) is 3.88. The molecule has 3 heterocycles. The Morgan fingerprint density at radius 2 is 2.12 bits per heavy atom. The molecule has 26 heavy (non-hydrogen) atoms. The summed E-state index contributed by atoms with van der Waals surface area (Å²) in [6, 6.07) is 7.47. The number of halogens is 1. The van der Waals surface area contributed by atoms with E-state index in [9.17, 15) is 4.79 Å². The number of pyridine rings is 1. The third-order valence-corrected chi connectivity index (χ3v) is 5.17. The van der Waals surface area contributed by atoms with E-state index in [1.165, 1.54) is 11.3 Å². The zero-order valence-corrected chi connectivity index (χ0v) is 15.8. The van der Waals surface area contributed by atoms with E-state index in [2.05, 4.69) is 26.3 Å². The maximum atomic E-state index is 12.3. The Kier molecular flexibility index (Phi) is 4.30. The Balaban J connectivity index is 1.60. The number of aromatic nitrogens is 2. The van der Waals surface area contributed by atoms with Gasteiger partial charge in [0.25, 0.3) is 5.91 Å². The molecule has 1 aliphatic rings. The molecule has 0 saturated heterocycles. The maximum absolute atomic E-state index is 12.3. The van der Waals surface area contributed by atoms with Crippen LogP contribution >= 0.6 is 22.9 Å². The average molecular weight is 383 g/mol. The molecule has 1 aliphatic heterocycles. The molecule has 2 aromatic heterocycles. The lowest BCUT2D eigenvalue weighted by Gasteiger charge is -2.08. The summed E-state index contributed by atoms with van der Waals surface area (Å²) in [7, 11) is 0. The normalized spacial score (nSPS) is 12.7. The first-order chi connectivity index (χ1) is 12.5. The zero-order chi connectivity index (χ0) is 18.3. The van der Waals surface area contributed by atoms with Gasteiger partial charge in [0, 0.05) is 39.8 Å². The molecule has 0 unspecified atom stereocenters. The van der Waals surface area contributed by atoms with Crippen molar-refractivity contribution in [3.8, 4) is 0 Å². The molecule has 0 bridgehead atoms. The maximum Gasteiger partial charge on any atom is 0.275 e. The number of benzene rings is 1. The topological polar surface area (TPSA) is 67.2 Å². The van der Waals surface area contributed by atoms with E-state index in [1.54, 1.807) is 23.7 Å². The summed E-state index contributed by atoms with van der Waals surface area (Å²) in [5, 5.41) is 6.06. The molecule has 7 heteroatoms. The number of nitrogens with zero attached hydrogens (tertiary/aromatic N) is 3. The largest absolute Gasteiger partial charge is 0.321 e. The number of carbonyl (C=O) groups is 1. The minimum atomic E-state index is -0.239. The average Bonchev–Trinajstić information content (AvgIpc) is 3.22. The van der Waals surface area contributed by atoms with Crippen LogP contribution in [0.3, 0.4) is 0 Å². The summed E-state index contributed by atoms with van der Waals surface area (Å²) >= 11 is 7.83. The Morgan fingerprint density at radius 3 is 2.88 bits per heavy atom. The van der Waals surface area contributed by atoms with Crippen LogP contribution in [0.2, 0.25) is 5.02 Å². The van der Waals surface area contributed by atoms with Crippen molar-refractivity contribution in [2.24, 2.45) is 4.99 Å². The van der Waals surface area contributed by atoms with Crippen molar-refractivity contribution in [1.29, 1.82) is 0 Å². The number of aryl methyl sites for hydroxylation is 2. The number of rotatable bonds is 3. The lowest BCUT2D eigenvalue weighted by atomic mass is 10.0. The van der Waals surface area contributed by atoms with E-state index in [4.69, 9.17) is 11.6 Å². The number of anilines is 1. The quantitative estimate of drug-likeness (QED) is 0.711. The van der Waals surface area contributed by atoms with Crippen molar-refractivity contribution in [3.63, 3.8) is 0 Å². The Morgan fingerprint density at radius 1 is 1.27 bits per heavy atom. The van der Waals surface area contributed by atoms with Crippen LogP contribution in [0.4, 0.5) is 11.5 Å². The number of carbonyl (C=O) groups excluding carboxylic acids is 1. The van der Waals surface area contributed by atoms with E-state index in [1.807, 2.05) is 19.9 Å². The summed E-state index contributed by atoms with van der Waals surface area (Å²) in [4.78, 5) is 25.5. The Bertz CT molecular complexity index is 1060. The first kappa shape index (κ1) is 16.9. The SMILES string of the molecule is Cc1cnc2c(c1)CC(c1cc(NC(=O)c3csc(C)n3)ccc1Cl)=N2. The van der Waals surface area contributed by atoms with E-state index >= 15 is 0 Å². The van der Waals surface area contributed by atoms with Gasteiger partial charge in [-0.25, -0.2) is 15.0 Å². The highest BCUT2D eigenvalue weighted by atomic mass is 35.5. The van der Waals surface area contributed by atoms with Gasteiger partial charge in [-0.2, -0.15) is 0 Å². The highest BCUT2D eigenvalue weighted by molar-refractivity contribution is 7.09. The fraction of sp³-hybridized carbons (Fsp3) is 0.158. The van der Waals surface area contributed by atoms with Gasteiger partial charge in [0.05, 0.1) is 10.7 Å². The summed E-state index contributed by atoms with van der Waals surface area (Å²) in [5.74, 6) is 0.491. The third kappa shape index (κ3) is 3.25. The van der Waals surface area contributed by atoms with Crippen LogP contribution in [0.5, 0.6) is 0 Å². The molecule has 4 rings (SSSR count). The van der Waals surface area contributed by atoms with Crippen molar-refractivity contribution < 1.29 is 4.79 Å². The first-order valence-electron chi connectivity index (χ1n) is 8.06. The van der Waals surface area contributed by atoms with E-state index < -0.39 is 0 Å². The molecule has 3 aromatic rings. The van der Waals surface area contributed by atoms with Gasteiger partial charge in [-0.1, -0.05) is 17.7 Å². The lowest BCUT2D eigenvalue weighted by Crippen LogP contribution is -2.13. The van der Waals surface area contributed by atoms with Crippen LogP contribution in [0.25, 0.3) is 0 Å². The van der Waals surface area contributed by atoms with E-state index in [0.717, 1.165) is 33.2 Å². The molecule has 0 radical (unpaired) electrons. The number of thiazole rings is 1. The standard InChI is InChI=1S/C19H15ClN4OS/c1-10-5-12-6-16(24-18(12)21-8-10)14-7-13(3-4-15(14)20)23-19(25)17-9-26-11(2)22-17/h3-5,7-9H,6H2,1-2H3,(H,23,25). The third-order valence-electron chi connectivity index (χ3n) is 4.07. The fourth-order valence-electron chi connectivity index (χ4n) is 2.84. The molecule has 0 fully saturated rings. The molecule has 0 atom stereocenters. The minimum Gasteiger partial charge on any atom is -0.321 e. The van der Waals surface area contributed by atoms with Crippen LogP contribution in [-0.2, 0) is 6.42 Å². The number of aliphatic imine (C=N–C) groups is 1. The van der Waals surface area contributed by atoms with Crippen LogP contribution in [0.1, 0.15) is 32.2 Å². The smallest absolute Gasteiger partial charge is 0.275 e. The van der Waals surface area contributed by atoms with Crippen molar-refractivity contribution >= 4 is 46.1 Å². The van der Waals surface area contributed by atoms with Gasteiger partial charge in [-0.3, -0.25) is 4.79 Å². The van der Waals surface area contributed by atoms with Crippen molar-refractivity contribution in [1.82, 2.24) is 9.97 Å². The van der Waals surface area contributed by atoms with Crippen molar-refractivity contribution in [2.45, 2.75) is 20.3 Å². The molecular formula is C19H15ClN4OS. The van der Waals surface area contributed by atoms with Gasteiger partial charge in [0.15, 0.2) is 5.82 Å². The van der Waals surface area contributed by atoms with Gasteiger partial charge >= 0.3 is 0 Å². The molecule has 0 aliphatic carbocycles. The molecular weight excluding hydrogens is 368 g/mol. The highest BCUT2D eigenvalue weighted by Crippen LogP contribution is 2.31. The number of amides is 1. The second-order valence-electron chi connectivity index (χ2n) is 6.13. The second kappa shape index (κ2) is 6.63. The molecule has 0 spiro atoms. The van der Waals surface area contributed by atoms with E-state index in [-0.39, 0.29) is 5.91 Å². The minimum absolute atomic E-state index is 0.239. The van der Waals surface area contributed by atoms with Gasteiger partial charge < -0.3 is 5.32 Å². The van der Waals surface area contributed by atoms with E-state index in [0.29, 0.717) is 22.8 Å². The predicted octanol–water partition coefficient (Wildman–Crippen LogP) is 4.74. The molecule has 1 amide bonds. The molecule has 130 valence electrons. The highest BCUT2D eigenvalue weighted by Gasteiger charge is 2.20. The molecule has 1 aromatic carbocycles. The Labute approximate surface area is 159 Å². The van der Waals surface area contributed by atoms with Crippen LogP contribution in [-0.4, -0.2) is 21.6 Å². The number of hydrogen-bond acceptors (Lipinski definition) is 5. The van der Waals surface area contributed by atoms with Crippen molar-refractivity contribution in [2.75, 3.05) is 5.32 Å². The van der Waals surface area contributed by atoms with Crippen LogP contribution in [0.15, 0.2) is 40.8 Å². The molecule has 5 nitrogen and oxygen atoms in total. The van der Waals surface area contributed by atoms with Gasteiger partial charge in [0.1, 0.15) is 5.69 Å². The van der Waals surface area contributed by atoms with Crippen LogP contribution in [0, 0.1) is 13.8 Å². The summed E-state index contributed by atoms with van der Waals surface area (Å²) in [5.41, 5.74) is 4.91. The second-order valence-corrected chi connectivity index (χ2v) is 7.60. The molecule has 1 N–H and O–H groups in total. The van der Waals surface area contributed by atoms with Crippen LogP contribution < -0.4 is 5.32 Å². The van der Waals surface area contributed by atoms with Gasteiger partial charge in [-0.05, 0) is 37.6 Å². The summed E-state index contributed by atoms with van der Waals surface area (Å²) < 4.78 is 0. The zero-order valence-electron chi connectivity index (χ0n) is 14.2. The Hall–Kier alpha value is -2.57. The lowest BCUT2D eigenvalue weighted by molar-refractivity contribution is 0.102. The number of nitrogens with one attached hydrogen (secondary N) is 1. The first-order valence-corrected chi connectivity index (χ1v) is 9.32.